The molecule has 2 aromatic heterocycles. The summed E-state index contributed by atoms with van der Waals surface area (Å²) < 4.78 is 28.5. The van der Waals surface area contributed by atoms with Crippen LogP contribution in [0.1, 0.15) is 16.7 Å². The summed E-state index contributed by atoms with van der Waals surface area (Å²) in [5.41, 5.74) is 2.81. The normalized spacial score (nSPS) is 14.5. The van der Waals surface area contributed by atoms with Crippen LogP contribution in [0.3, 0.4) is 0 Å². The van der Waals surface area contributed by atoms with Gasteiger partial charge in [-0.05, 0) is 44.0 Å². The van der Waals surface area contributed by atoms with Crippen molar-refractivity contribution in [1.82, 2.24) is 15.0 Å². The highest BCUT2D eigenvalue weighted by Crippen LogP contribution is 2.24. The van der Waals surface area contributed by atoms with Crippen LogP contribution in [0.25, 0.3) is 0 Å². The molecule has 0 unspecified atom stereocenters. The van der Waals surface area contributed by atoms with E-state index >= 15 is 0 Å². The first-order chi connectivity index (χ1) is 14.8. The molecular weight excluding hydrogens is 412 g/mol. The Hall–Kier alpha value is -3.20. The minimum absolute atomic E-state index is 0.299. The second-order valence-corrected chi connectivity index (χ2v) is 9.39. The summed E-state index contributed by atoms with van der Waals surface area (Å²) in [5, 5.41) is 0. The van der Waals surface area contributed by atoms with Crippen LogP contribution in [0, 0.1) is 20.8 Å². The molecule has 1 aliphatic heterocycles. The van der Waals surface area contributed by atoms with E-state index in [0.29, 0.717) is 27.7 Å². The van der Waals surface area contributed by atoms with Crippen molar-refractivity contribution >= 4 is 27.5 Å². The number of benzene rings is 1. The third-order valence-electron chi connectivity index (χ3n) is 5.30. The van der Waals surface area contributed by atoms with E-state index in [9.17, 15) is 8.42 Å². The third kappa shape index (κ3) is 4.61. The molecule has 1 aliphatic rings. The van der Waals surface area contributed by atoms with Crippen molar-refractivity contribution in [3.05, 3.63) is 65.6 Å². The summed E-state index contributed by atoms with van der Waals surface area (Å²) in [4.78, 5) is 17.8. The summed E-state index contributed by atoms with van der Waals surface area (Å²) in [6, 6.07) is 9.63. The molecule has 0 aliphatic carbocycles. The molecule has 1 N–H and O–H groups in total. The van der Waals surface area contributed by atoms with E-state index in [2.05, 4.69) is 29.5 Å². The number of anilines is 3. The standard InChI is InChI=1S/C22H26N6O2S/c1-16-12-17(2)21(18(3)13-16)31(29,30)26-19-14-24-22(25-15-19)28-10-8-27(9-11-28)20-6-4-5-7-23-20/h4-7,12-15,26H,8-11H2,1-3H3. The zero-order valence-corrected chi connectivity index (χ0v) is 18.7. The van der Waals surface area contributed by atoms with Crippen LogP contribution in [0.15, 0.2) is 53.8 Å². The van der Waals surface area contributed by atoms with Crippen LogP contribution < -0.4 is 14.5 Å². The number of aromatic nitrogens is 3. The minimum atomic E-state index is -3.72. The summed E-state index contributed by atoms with van der Waals surface area (Å²) in [5.74, 6) is 1.56. The number of rotatable bonds is 5. The van der Waals surface area contributed by atoms with Crippen LogP contribution >= 0.6 is 0 Å². The van der Waals surface area contributed by atoms with Gasteiger partial charge in [0.15, 0.2) is 0 Å². The maximum atomic E-state index is 12.9. The van der Waals surface area contributed by atoms with Gasteiger partial charge >= 0.3 is 0 Å². The van der Waals surface area contributed by atoms with Gasteiger partial charge in [-0.15, -0.1) is 0 Å². The quantitative estimate of drug-likeness (QED) is 0.655. The minimum Gasteiger partial charge on any atom is -0.353 e. The Morgan fingerprint density at radius 2 is 1.48 bits per heavy atom. The second-order valence-electron chi connectivity index (χ2n) is 7.77. The van der Waals surface area contributed by atoms with E-state index in [1.54, 1.807) is 20.0 Å². The van der Waals surface area contributed by atoms with Crippen LogP contribution in [0.4, 0.5) is 17.5 Å². The van der Waals surface area contributed by atoms with Crippen LogP contribution in [0.5, 0.6) is 0 Å². The molecule has 162 valence electrons. The molecule has 0 saturated carbocycles. The molecular formula is C22H26N6O2S. The Labute approximate surface area is 183 Å². The lowest BCUT2D eigenvalue weighted by molar-refractivity contribution is 0.600. The van der Waals surface area contributed by atoms with Gasteiger partial charge in [0.1, 0.15) is 5.82 Å². The summed E-state index contributed by atoms with van der Waals surface area (Å²) >= 11 is 0. The molecule has 0 bridgehead atoms. The van der Waals surface area contributed by atoms with Gasteiger partial charge in [0, 0.05) is 32.4 Å². The molecule has 4 rings (SSSR count). The van der Waals surface area contributed by atoms with E-state index in [0.717, 1.165) is 37.6 Å². The Morgan fingerprint density at radius 1 is 0.871 bits per heavy atom. The van der Waals surface area contributed by atoms with Crippen LogP contribution in [-0.4, -0.2) is 49.5 Å². The van der Waals surface area contributed by atoms with Crippen LogP contribution in [0.2, 0.25) is 0 Å². The highest BCUT2D eigenvalue weighted by molar-refractivity contribution is 7.92. The number of hydrogen-bond donors (Lipinski definition) is 1. The Bertz CT molecular complexity index is 1140. The molecule has 1 fully saturated rings. The fraction of sp³-hybridized carbons (Fsp3) is 0.318. The van der Waals surface area contributed by atoms with Gasteiger partial charge in [-0.25, -0.2) is 23.4 Å². The smallest absolute Gasteiger partial charge is 0.262 e. The highest BCUT2D eigenvalue weighted by atomic mass is 32.2. The predicted molar refractivity (Wildman–Crippen MR) is 122 cm³/mol. The van der Waals surface area contributed by atoms with Crippen molar-refractivity contribution in [1.29, 1.82) is 0 Å². The van der Waals surface area contributed by atoms with Gasteiger partial charge in [-0.1, -0.05) is 23.8 Å². The zero-order valence-electron chi connectivity index (χ0n) is 17.9. The second kappa shape index (κ2) is 8.50. The predicted octanol–water partition coefficient (Wildman–Crippen LogP) is 2.92. The first kappa shape index (κ1) is 21.0. The lowest BCUT2D eigenvalue weighted by Crippen LogP contribution is -2.47. The third-order valence-corrected chi connectivity index (χ3v) is 6.99. The van der Waals surface area contributed by atoms with Gasteiger partial charge in [0.05, 0.1) is 23.0 Å². The van der Waals surface area contributed by atoms with Crippen molar-refractivity contribution in [2.24, 2.45) is 0 Å². The largest absolute Gasteiger partial charge is 0.353 e. The lowest BCUT2D eigenvalue weighted by Gasteiger charge is -2.35. The number of pyridine rings is 1. The first-order valence-electron chi connectivity index (χ1n) is 10.2. The fourth-order valence-corrected chi connectivity index (χ4v) is 5.49. The van der Waals surface area contributed by atoms with E-state index in [1.807, 2.05) is 37.3 Å². The topological polar surface area (TPSA) is 91.3 Å². The molecule has 3 aromatic rings. The molecule has 31 heavy (non-hydrogen) atoms. The molecule has 0 radical (unpaired) electrons. The Kier molecular flexibility index (Phi) is 5.77. The van der Waals surface area contributed by atoms with Crippen molar-refractivity contribution in [3.8, 4) is 0 Å². The molecule has 0 amide bonds. The molecule has 0 atom stereocenters. The van der Waals surface area contributed by atoms with Crippen LogP contribution in [-0.2, 0) is 10.0 Å². The number of hydrogen-bond acceptors (Lipinski definition) is 7. The van der Waals surface area contributed by atoms with Gasteiger partial charge in [-0.3, -0.25) is 4.72 Å². The number of nitrogens with one attached hydrogen (secondary N) is 1. The Morgan fingerprint density at radius 3 is 2.06 bits per heavy atom. The first-order valence-corrected chi connectivity index (χ1v) is 11.7. The van der Waals surface area contributed by atoms with Gasteiger partial charge in [0.25, 0.3) is 10.0 Å². The lowest BCUT2D eigenvalue weighted by atomic mass is 10.1. The van der Waals surface area contributed by atoms with Crippen molar-refractivity contribution < 1.29 is 8.42 Å². The van der Waals surface area contributed by atoms with Crippen molar-refractivity contribution in [2.75, 3.05) is 40.7 Å². The monoisotopic (exact) mass is 438 g/mol. The van der Waals surface area contributed by atoms with E-state index in [1.165, 1.54) is 12.4 Å². The van der Waals surface area contributed by atoms with Gasteiger partial charge in [0.2, 0.25) is 5.95 Å². The SMILES string of the molecule is Cc1cc(C)c(S(=O)(=O)Nc2cnc(N3CCN(c4ccccn4)CC3)nc2)c(C)c1. The van der Waals surface area contributed by atoms with Crippen molar-refractivity contribution in [2.45, 2.75) is 25.7 Å². The average molecular weight is 439 g/mol. The molecule has 9 heteroatoms. The summed E-state index contributed by atoms with van der Waals surface area (Å²) in [6.07, 6.45) is 4.83. The summed E-state index contributed by atoms with van der Waals surface area (Å²) in [6.45, 7) is 8.73. The van der Waals surface area contributed by atoms with Gasteiger partial charge in [-0.2, -0.15) is 0 Å². The molecule has 1 saturated heterocycles. The number of nitrogens with zero attached hydrogens (tertiary/aromatic N) is 5. The number of sulfonamides is 1. The van der Waals surface area contributed by atoms with Crippen molar-refractivity contribution in [3.63, 3.8) is 0 Å². The number of piperazine rings is 1. The number of aryl methyl sites for hydroxylation is 3. The average Bonchev–Trinajstić information content (AvgIpc) is 2.74. The van der Waals surface area contributed by atoms with E-state index < -0.39 is 10.0 Å². The summed E-state index contributed by atoms with van der Waals surface area (Å²) in [7, 11) is -3.72. The fourth-order valence-electron chi connectivity index (χ4n) is 4.01. The molecule has 0 spiro atoms. The van der Waals surface area contributed by atoms with Gasteiger partial charge < -0.3 is 9.80 Å². The Balaban J connectivity index is 1.43. The van der Waals surface area contributed by atoms with E-state index in [4.69, 9.17) is 0 Å². The molecule has 3 heterocycles. The highest BCUT2D eigenvalue weighted by Gasteiger charge is 2.22. The maximum Gasteiger partial charge on any atom is 0.262 e. The molecule has 1 aromatic carbocycles. The van der Waals surface area contributed by atoms with E-state index in [-0.39, 0.29) is 0 Å². The molecule has 8 nitrogen and oxygen atoms in total. The maximum absolute atomic E-state index is 12.9. The zero-order chi connectivity index (χ0) is 22.0.